The molecular weight excluding hydrogens is 621 g/mol. The minimum Gasteiger partial charge on any atom is -0.480 e. The number of aliphatic carboxylic acids is 1. The van der Waals surface area contributed by atoms with Crippen molar-refractivity contribution in [3.8, 4) is 17.2 Å². The van der Waals surface area contributed by atoms with Crippen LogP contribution in [0.5, 0.6) is 0 Å². The topological polar surface area (TPSA) is 118 Å². The maximum absolute atomic E-state index is 15.1. The van der Waals surface area contributed by atoms with Gasteiger partial charge in [-0.1, -0.05) is 35.9 Å². The molecule has 0 bridgehead atoms. The van der Waals surface area contributed by atoms with Gasteiger partial charge in [-0.2, -0.15) is 18.4 Å². The van der Waals surface area contributed by atoms with E-state index in [-0.39, 0.29) is 19.5 Å². The predicted octanol–water partition coefficient (Wildman–Crippen LogP) is 5.47. The van der Waals surface area contributed by atoms with E-state index < -0.39 is 59.6 Å². The molecule has 3 N–H and O–H groups in total. The summed E-state index contributed by atoms with van der Waals surface area (Å²) in [5, 5.41) is 24.6. The largest absolute Gasteiger partial charge is 0.480 e. The van der Waals surface area contributed by atoms with Crippen molar-refractivity contribution in [2.24, 2.45) is 0 Å². The van der Waals surface area contributed by atoms with Gasteiger partial charge in [-0.05, 0) is 35.9 Å². The molecule has 1 unspecified atom stereocenters. The minimum atomic E-state index is -4.68. The van der Waals surface area contributed by atoms with Gasteiger partial charge in [0.15, 0.2) is 0 Å². The number of nitrogens with zero attached hydrogens (tertiary/aromatic N) is 3. The summed E-state index contributed by atoms with van der Waals surface area (Å²) in [6.07, 6.45) is -3.46. The summed E-state index contributed by atoms with van der Waals surface area (Å²) < 4.78 is 70.8. The summed E-state index contributed by atoms with van der Waals surface area (Å²) in [5.41, 5.74) is 0.895. The van der Waals surface area contributed by atoms with Crippen molar-refractivity contribution in [2.45, 2.75) is 24.7 Å². The average molecular weight is 644 g/mol. The van der Waals surface area contributed by atoms with Crippen molar-refractivity contribution in [2.75, 3.05) is 24.5 Å². The lowest BCUT2D eigenvalue weighted by Crippen LogP contribution is -2.58. The van der Waals surface area contributed by atoms with Gasteiger partial charge in [0.05, 0.1) is 17.1 Å². The molecule has 3 aromatic carbocycles. The molecule has 0 aliphatic carbocycles. The van der Waals surface area contributed by atoms with E-state index in [1.165, 1.54) is 12.3 Å². The first-order valence-electron chi connectivity index (χ1n) is 13.5. The fourth-order valence-electron chi connectivity index (χ4n) is 5.33. The second-order valence-electron chi connectivity index (χ2n) is 10.3. The number of fused-ring (bicyclic) bond motifs is 1. The number of anilines is 1. The van der Waals surface area contributed by atoms with Crippen molar-refractivity contribution in [1.29, 1.82) is 5.26 Å². The molecule has 2 atom stereocenters. The first kappa shape index (κ1) is 31.6. The van der Waals surface area contributed by atoms with Crippen LogP contribution in [0.2, 0.25) is 5.02 Å². The van der Waals surface area contributed by atoms with E-state index in [4.69, 9.17) is 16.9 Å². The fourth-order valence-corrected chi connectivity index (χ4v) is 5.61. The van der Waals surface area contributed by atoms with Crippen molar-refractivity contribution in [3.05, 3.63) is 94.1 Å². The number of aromatic nitrogens is 1. The number of halogens is 6. The van der Waals surface area contributed by atoms with Crippen LogP contribution in [-0.2, 0) is 11.2 Å². The molecule has 1 aliphatic rings. The summed E-state index contributed by atoms with van der Waals surface area (Å²) in [6, 6.07) is 10.9. The monoisotopic (exact) mass is 643 g/mol. The third-order valence-corrected chi connectivity index (χ3v) is 7.80. The van der Waals surface area contributed by atoms with Crippen LogP contribution in [0.4, 0.5) is 27.6 Å². The standard InChI is InChI=1S/C31H23ClF5N5O3/c32-22-10-16(14-38)3-5-20(22)21-6-4-17(19-2-1-7-40-28(19)21)11-25(30(44)45)41-29(43)27-23(33)12-18(13-24(27)34)42-9-8-39-15-26(42)31(35,36)37/h1-7,10,12-13,25-26,39H,8-9,11,15H2,(H,41,43)(H,44,45)/t25?,26-/m1/s1. The first-order chi connectivity index (χ1) is 21.4. The molecular formula is C31H23ClF5N5O3. The van der Waals surface area contributed by atoms with Gasteiger partial charge >= 0.3 is 12.1 Å². The average Bonchev–Trinajstić information content (AvgIpc) is 3.00. The highest BCUT2D eigenvalue weighted by molar-refractivity contribution is 6.33. The number of amides is 1. The van der Waals surface area contributed by atoms with Crippen LogP contribution >= 0.6 is 11.6 Å². The summed E-state index contributed by atoms with van der Waals surface area (Å²) in [5.74, 6) is -5.76. The molecule has 1 aromatic heterocycles. The number of rotatable bonds is 7. The van der Waals surface area contributed by atoms with E-state index in [2.05, 4.69) is 15.6 Å². The van der Waals surface area contributed by atoms with E-state index >= 15 is 8.78 Å². The molecule has 5 rings (SSSR count). The van der Waals surface area contributed by atoms with Crippen molar-refractivity contribution >= 4 is 40.1 Å². The molecule has 0 radical (unpaired) electrons. The second kappa shape index (κ2) is 12.7. The highest BCUT2D eigenvalue weighted by Crippen LogP contribution is 2.35. The second-order valence-corrected chi connectivity index (χ2v) is 10.7. The lowest BCUT2D eigenvalue weighted by atomic mass is 9.94. The normalized spacial score (nSPS) is 15.8. The highest BCUT2D eigenvalue weighted by atomic mass is 35.5. The van der Waals surface area contributed by atoms with Crippen molar-refractivity contribution < 1.29 is 36.6 Å². The van der Waals surface area contributed by atoms with E-state index in [1.54, 1.807) is 36.4 Å². The number of benzene rings is 3. The van der Waals surface area contributed by atoms with E-state index in [1.807, 2.05) is 6.07 Å². The first-order valence-corrected chi connectivity index (χ1v) is 13.9. The van der Waals surface area contributed by atoms with Crippen LogP contribution in [0, 0.1) is 23.0 Å². The van der Waals surface area contributed by atoms with Gasteiger partial charge < -0.3 is 20.6 Å². The summed E-state index contributed by atoms with van der Waals surface area (Å²) >= 11 is 6.41. The summed E-state index contributed by atoms with van der Waals surface area (Å²) in [4.78, 5) is 30.4. The predicted molar refractivity (Wildman–Crippen MR) is 156 cm³/mol. The molecule has 1 fully saturated rings. The Hall–Kier alpha value is -4.80. The highest BCUT2D eigenvalue weighted by Gasteiger charge is 2.45. The number of carbonyl (C=O) groups excluding carboxylic acids is 1. The fraction of sp³-hybridized carbons (Fsp3) is 0.226. The minimum absolute atomic E-state index is 0.143. The van der Waals surface area contributed by atoms with Crippen LogP contribution in [0.1, 0.15) is 21.5 Å². The lowest BCUT2D eigenvalue weighted by molar-refractivity contribution is -0.149. The van der Waals surface area contributed by atoms with Crippen molar-refractivity contribution in [1.82, 2.24) is 15.6 Å². The van der Waals surface area contributed by atoms with Crippen molar-refractivity contribution in [3.63, 3.8) is 0 Å². The van der Waals surface area contributed by atoms with E-state index in [0.29, 0.717) is 50.3 Å². The van der Waals surface area contributed by atoms with E-state index in [9.17, 15) is 27.9 Å². The molecule has 0 saturated carbocycles. The molecule has 0 spiro atoms. The number of nitrogens with one attached hydrogen (secondary N) is 2. The molecule has 14 heteroatoms. The summed E-state index contributed by atoms with van der Waals surface area (Å²) in [6.45, 7) is -0.528. The van der Waals surface area contributed by atoms with Gasteiger partial charge in [0.25, 0.3) is 5.91 Å². The van der Waals surface area contributed by atoms with Crippen LogP contribution in [0.3, 0.4) is 0 Å². The number of alkyl halides is 3. The molecule has 1 amide bonds. The van der Waals surface area contributed by atoms with Gasteiger partial charge in [-0.25, -0.2) is 13.6 Å². The quantitative estimate of drug-likeness (QED) is 0.229. The number of hydrogen-bond acceptors (Lipinski definition) is 6. The molecule has 8 nitrogen and oxygen atoms in total. The summed E-state index contributed by atoms with van der Waals surface area (Å²) in [7, 11) is 0. The zero-order chi connectivity index (χ0) is 32.5. The molecule has 2 heterocycles. The Kier molecular flexibility index (Phi) is 8.90. The van der Waals surface area contributed by atoms with Gasteiger partial charge in [0.2, 0.25) is 0 Å². The lowest BCUT2D eigenvalue weighted by Gasteiger charge is -2.38. The van der Waals surface area contributed by atoms with Crippen LogP contribution < -0.4 is 15.5 Å². The number of nitriles is 1. The van der Waals surface area contributed by atoms with Gasteiger partial charge in [-0.15, -0.1) is 0 Å². The number of hydrogen-bond donors (Lipinski definition) is 3. The Morgan fingerprint density at radius 2 is 1.84 bits per heavy atom. The number of piperazine rings is 1. The number of carboxylic acids is 1. The smallest absolute Gasteiger partial charge is 0.409 e. The molecule has 4 aromatic rings. The maximum Gasteiger partial charge on any atom is 0.409 e. The number of carboxylic acid groups (broad SMARTS) is 1. The molecule has 45 heavy (non-hydrogen) atoms. The van der Waals surface area contributed by atoms with E-state index in [0.717, 1.165) is 4.90 Å². The maximum atomic E-state index is 15.1. The SMILES string of the molecule is N#Cc1ccc(-c2ccc(CC(NC(=O)c3c(F)cc(N4CCNC[C@@H]4C(F)(F)F)cc3F)C(=O)O)c3cccnc23)c(Cl)c1. The zero-order valence-corrected chi connectivity index (χ0v) is 23.9. The third kappa shape index (κ3) is 6.52. The zero-order valence-electron chi connectivity index (χ0n) is 23.1. The number of carbonyl (C=O) groups is 2. The Bertz CT molecular complexity index is 1820. The Balaban J connectivity index is 1.42. The molecule has 1 aliphatic heterocycles. The number of pyridine rings is 1. The Morgan fingerprint density at radius 3 is 2.49 bits per heavy atom. The molecule has 1 saturated heterocycles. The van der Waals surface area contributed by atoms with Gasteiger partial charge in [0, 0.05) is 59.5 Å². The Morgan fingerprint density at radius 1 is 1.13 bits per heavy atom. The van der Waals surface area contributed by atoms with Gasteiger partial charge in [0.1, 0.15) is 29.3 Å². The van der Waals surface area contributed by atoms with Crippen LogP contribution in [0.25, 0.3) is 22.0 Å². The van der Waals surface area contributed by atoms with Gasteiger partial charge in [-0.3, -0.25) is 9.78 Å². The molecule has 232 valence electrons. The third-order valence-electron chi connectivity index (χ3n) is 7.48. The van der Waals surface area contributed by atoms with Crippen LogP contribution in [-0.4, -0.2) is 59.9 Å². The van der Waals surface area contributed by atoms with Crippen LogP contribution in [0.15, 0.2) is 60.8 Å². The Labute approximate surface area is 258 Å².